The first-order valence-corrected chi connectivity index (χ1v) is 9.41. The third-order valence-corrected chi connectivity index (χ3v) is 5.57. The van der Waals surface area contributed by atoms with Crippen molar-refractivity contribution in [2.75, 3.05) is 12.9 Å². The van der Waals surface area contributed by atoms with Crippen LogP contribution in [0.15, 0.2) is 6.20 Å². The highest BCUT2D eigenvalue weighted by Crippen LogP contribution is 2.31. The van der Waals surface area contributed by atoms with Gasteiger partial charge in [0.1, 0.15) is 0 Å². The first-order chi connectivity index (χ1) is 10.6. The van der Waals surface area contributed by atoms with Crippen LogP contribution < -0.4 is 4.72 Å². The number of carbonyl (C=O) groups is 1. The number of nitrogens with zero attached hydrogens (tertiary/aromatic N) is 2. The van der Waals surface area contributed by atoms with Crippen molar-refractivity contribution in [3.63, 3.8) is 0 Å². The molecule has 23 heavy (non-hydrogen) atoms. The summed E-state index contributed by atoms with van der Waals surface area (Å²) in [6, 6.07) is 0. The number of hydrogen-bond acceptors (Lipinski definition) is 5. The second-order valence-corrected chi connectivity index (χ2v) is 8.49. The van der Waals surface area contributed by atoms with E-state index in [2.05, 4.69) is 9.82 Å². The number of aromatic nitrogens is 2. The number of carbonyl (C=O) groups excluding carboxylic acids is 1. The van der Waals surface area contributed by atoms with Gasteiger partial charge in [-0.15, -0.1) is 0 Å². The van der Waals surface area contributed by atoms with Gasteiger partial charge in [0.25, 0.3) is 0 Å². The molecule has 1 aliphatic carbocycles. The van der Waals surface area contributed by atoms with Gasteiger partial charge in [0.2, 0.25) is 15.9 Å². The van der Waals surface area contributed by atoms with Crippen molar-refractivity contribution >= 4 is 15.9 Å². The Morgan fingerprint density at radius 2 is 2.22 bits per heavy atom. The molecule has 0 aromatic carbocycles. The minimum Gasteiger partial charge on any atom is -0.379 e. The second-order valence-electron chi connectivity index (χ2n) is 6.65. The van der Waals surface area contributed by atoms with Crippen LogP contribution >= 0.6 is 0 Å². The fraction of sp³-hybridized carbons (Fsp3) is 0.733. The largest absolute Gasteiger partial charge is 0.379 e. The lowest BCUT2D eigenvalue weighted by molar-refractivity contribution is -0.121. The molecule has 1 aromatic rings. The minimum absolute atomic E-state index is 0.147. The molecule has 1 N–H and O–H groups in total. The minimum atomic E-state index is -3.68. The molecular weight excluding hydrogens is 318 g/mol. The summed E-state index contributed by atoms with van der Waals surface area (Å²) in [4.78, 5) is 12.4. The molecule has 0 radical (unpaired) electrons. The molecule has 1 heterocycles. The van der Waals surface area contributed by atoms with Gasteiger partial charge in [0.15, 0.2) is 0 Å². The molecular formula is C15H25N3O4S. The van der Waals surface area contributed by atoms with E-state index in [9.17, 15) is 13.2 Å². The molecule has 1 amide bonds. The van der Waals surface area contributed by atoms with Gasteiger partial charge >= 0.3 is 0 Å². The molecule has 130 valence electrons. The molecule has 0 bridgehead atoms. The number of amides is 1. The van der Waals surface area contributed by atoms with Crippen molar-refractivity contribution in [3.8, 4) is 0 Å². The van der Waals surface area contributed by atoms with Gasteiger partial charge in [0.05, 0.1) is 23.0 Å². The molecule has 1 aliphatic rings. The SMILES string of the molecule is COC(C)(C)CCS(=O)(=O)NC(=O)C1CCCc2nn(C)cc21. The smallest absolute Gasteiger partial charge is 0.241 e. The van der Waals surface area contributed by atoms with E-state index in [-0.39, 0.29) is 5.75 Å². The zero-order chi connectivity index (χ0) is 17.3. The van der Waals surface area contributed by atoms with Crippen LogP contribution in [0.5, 0.6) is 0 Å². The van der Waals surface area contributed by atoms with E-state index in [0.29, 0.717) is 12.8 Å². The van der Waals surface area contributed by atoms with Crippen molar-refractivity contribution in [2.24, 2.45) is 7.05 Å². The van der Waals surface area contributed by atoms with E-state index in [0.717, 1.165) is 24.1 Å². The van der Waals surface area contributed by atoms with E-state index in [1.165, 1.54) is 7.11 Å². The summed E-state index contributed by atoms with van der Waals surface area (Å²) in [7, 11) is -0.335. The maximum atomic E-state index is 12.4. The maximum Gasteiger partial charge on any atom is 0.241 e. The maximum absolute atomic E-state index is 12.4. The summed E-state index contributed by atoms with van der Waals surface area (Å²) in [6.45, 7) is 3.63. The molecule has 1 atom stereocenters. The van der Waals surface area contributed by atoms with E-state index < -0.39 is 27.4 Å². The standard InChI is InChI=1S/C15H25N3O4S/c1-15(2,22-4)8-9-23(20,21)17-14(19)11-6-5-7-13-12(11)10-18(3)16-13/h10-11H,5-9H2,1-4H3,(H,17,19). The highest BCUT2D eigenvalue weighted by atomic mass is 32.2. The lowest BCUT2D eigenvalue weighted by Crippen LogP contribution is -2.39. The Labute approximate surface area is 137 Å². The number of rotatable bonds is 6. The summed E-state index contributed by atoms with van der Waals surface area (Å²) >= 11 is 0. The van der Waals surface area contributed by atoms with E-state index in [1.54, 1.807) is 17.9 Å². The Hall–Kier alpha value is -1.41. The molecule has 0 spiro atoms. The van der Waals surface area contributed by atoms with Crippen LogP contribution in [-0.4, -0.2) is 42.6 Å². The summed E-state index contributed by atoms with van der Waals surface area (Å²) < 4.78 is 33.4. The van der Waals surface area contributed by atoms with Gasteiger partial charge in [-0.25, -0.2) is 8.42 Å². The third kappa shape index (κ3) is 4.54. The predicted octanol–water partition coefficient (Wildman–Crippen LogP) is 1.10. The van der Waals surface area contributed by atoms with Crippen molar-refractivity contribution in [3.05, 3.63) is 17.5 Å². The zero-order valence-electron chi connectivity index (χ0n) is 14.1. The zero-order valence-corrected chi connectivity index (χ0v) is 14.9. The lowest BCUT2D eigenvalue weighted by Gasteiger charge is -2.23. The molecule has 0 saturated carbocycles. The highest BCUT2D eigenvalue weighted by molar-refractivity contribution is 7.90. The Kier molecular flexibility index (Phi) is 5.15. The topological polar surface area (TPSA) is 90.3 Å². The molecule has 1 unspecified atom stereocenters. The lowest BCUT2D eigenvalue weighted by atomic mass is 9.87. The van der Waals surface area contributed by atoms with Gasteiger partial charge in [-0.2, -0.15) is 5.10 Å². The summed E-state index contributed by atoms with van der Waals surface area (Å²) in [6.07, 6.45) is 4.42. The molecule has 8 heteroatoms. The molecule has 1 aromatic heterocycles. The Morgan fingerprint density at radius 3 is 2.87 bits per heavy atom. The van der Waals surface area contributed by atoms with E-state index in [1.807, 2.05) is 13.8 Å². The van der Waals surface area contributed by atoms with Crippen molar-refractivity contribution in [2.45, 2.75) is 51.0 Å². The summed E-state index contributed by atoms with van der Waals surface area (Å²) in [5, 5.41) is 4.33. The average molecular weight is 343 g/mol. The fourth-order valence-electron chi connectivity index (χ4n) is 2.70. The van der Waals surface area contributed by atoms with Crippen molar-refractivity contribution < 1.29 is 17.9 Å². The van der Waals surface area contributed by atoms with Gasteiger partial charge in [-0.3, -0.25) is 14.2 Å². The monoisotopic (exact) mass is 343 g/mol. The number of fused-ring (bicyclic) bond motifs is 1. The van der Waals surface area contributed by atoms with E-state index >= 15 is 0 Å². The second kappa shape index (κ2) is 6.60. The van der Waals surface area contributed by atoms with Gasteiger partial charge in [-0.1, -0.05) is 0 Å². The average Bonchev–Trinajstić information content (AvgIpc) is 2.85. The number of aryl methyl sites for hydroxylation is 2. The predicted molar refractivity (Wildman–Crippen MR) is 86.5 cm³/mol. The number of hydrogen-bond donors (Lipinski definition) is 1. The molecule has 0 saturated heterocycles. The molecule has 2 rings (SSSR count). The van der Waals surface area contributed by atoms with Crippen LogP contribution in [0, 0.1) is 0 Å². The van der Waals surface area contributed by atoms with Crippen molar-refractivity contribution in [1.29, 1.82) is 0 Å². The van der Waals surface area contributed by atoms with Gasteiger partial charge in [-0.05, 0) is 39.5 Å². The molecule has 0 fully saturated rings. The van der Waals surface area contributed by atoms with Crippen LogP contribution in [0.4, 0.5) is 0 Å². The summed E-state index contributed by atoms with van der Waals surface area (Å²) in [5.74, 6) is -1.06. The summed E-state index contributed by atoms with van der Waals surface area (Å²) in [5.41, 5.74) is 1.18. The molecule has 0 aliphatic heterocycles. The first-order valence-electron chi connectivity index (χ1n) is 7.75. The Balaban J connectivity index is 2.04. The van der Waals surface area contributed by atoms with Crippen LogP contribution in [0.2, 0.25) is 0 Å². The Bertz CT molecular complexity index is 679. The van der Waals surface area contributed by atoms with Crippen LogP contribution in [0.3, 0.4) is 0 Å². The highest BCUT2D eigenvalue weighted by Gasteiger charge is 2.31. The number of sulfonamides is 1. The number of ether oxygens (including phenoxy) is 1. The fourth-order valence-corrected chi connectivity index (χ4v) is 4.01. The van der Waals surface area contributed by atoms with Crippen LogP contribution in [-0.2, 0) is 33.0 Å². The molecule has 7 nitrogen and oxygen atoms in total. The quantitative estimate of drug-likeness (QED) is 0.835. The normalized spacial score (nSPS) is 18.5. The Morgan fingerprint density at radius 1 is 1.52 bits per heavy atom. The van der Waals surface area contributed by atoms with Gasteiger partial charge in [0, 0.05) is 25.9 Å². The van der Waals surface area contributed by atoms with E-state index in [4.69, 9.17) is 4.74 Å². The van der Waals surface area contributed by atoms with Crippen LogP contribution in [0.1, 0.15) is 50.3 Å². The number of nitrogens with one attached hydrogen (secondary N) is 1. The third-order valence-electron chi connectivity index (χ3n) is 4.32. The number of methoxy groups -OCH3 is 1. The first kappa shape index (κ1) is 17.9. The van der Waals surface area contributed by atoms with Crippen molar-refractivity contribution in [1.82, 2.24) is 14.5 Å². The van der Waals surface area contributed by atoms with Gasteiger partial charge < -0.3 is 4.74 Å². The van der Waals surface area contributed by atoms with Crippen LogP contribution in [0.25, 0.3) is 0 Å².